The minimum Gasteiger partial charge on any atom is -0.325 e. The van der Waals surface area contributed by atoms with Gasteiger partial charge in [0.25, 0.3) is 15.9 Å². The smallest absolute Gasteiger partial charge is 0.325 e. The van der Waals surface area contributed by atoms with Crippen LogP contribution in [0.25, 0.3) is 0 Å². The molecule has 1 aliphatic carbocycles. The van der Waals surface area contributed by atoms with E-state index in [-0.39, 0.29) is 21.9 Å². The zero-order valence-electron chi connectivity index (χ0n) is 17.3. The van der Waals surface area contributed by atoms with Gasteiger partial charge in [0.15, 0.2) is 5.13 Å². The summed E-state index contributed by atoms with van der Waals surface area (Å²) in [5, 5.41) is 7.31. The molecule has 1 spiro atoms. The normalized spacial score (nSPS) is 23.3. The summed E-state index contributed by atoms with van der Waals surface area (Å²) in [6.45, 7) is 1.53. The first kappa shape index (κ1) is 22.2. The number of nitrogens with zero attached hydrogens (tertiary/aromatic N) is 2. The quantitative estimate of drug-likeness (QED) is 0.546. The Balaban J connectivity index is 1.39. The first-order valence-corrected chi connectivity index (χ1v) is 12.5. The zero-order valence-corrected chi connectivity index (χ0v) is 19.0. The minimum atomic E-state index is -3.80. The Labute approximate surface area is 189 Å². The molecule has 1 aromatic heterocycles. The number of hydrogen-bond acceptors (Lipinski definition) is 7. The number of carbonyl (C=O) groups excluding carboxylic acids is 3. The van der Waals surface area contributed by atoms with Crippen molar-refractivity contribution in [3.05, 3.63) is 35.8 Å². The van der Waals surface area contributed by atoms with Gasteiger partial charge in [0, 0.05) is 17.3 Å². The molecule has 170 valence electrons. The number of nitrogens with one attached hydrogen (secondary N) is 3. The Bertz CT molecular complexity index is 1130. The zero-order chi connectivity index (χ0) is 22.9. The molecule has 1 saturated carbocycles. The van der Waals surface area contributed by atoms with Gasteiger partial charge in [-0.1, -0.05) is 19.8 Å². The summed E-state index contributed by atoms with van der Waals surface area (Å²) in [4.78, 5) is 42.7. The number of anilines is 2. The van der Waals surface area contributed by atoms with Crippen molar-refractivity contribution in [1.29, 1.82) is 0 Å². The van der Waals surface area contributed by atoms with Crippen LogP contribution in [0.4, 0.5) is 15.6 Å². The largest absolute Gasteiger partial charge is 0.325 e. The van der Waals surface area contributed by atoms with E-state index in [9.17, 15) is 22.8 Å². The van der Waals surface area contributed by atoms with Crippen LogP contribution in [-0.4, -0.2) is 48.2 Å². The lowest BCUT2D eigenvalue weighted by atomic mass is 9.73. The Morgan fingerprint density at radius 3 is 2.69 bits per heavy atom. The molecular weight excluding hydrogens is 454 g/mol. The Morgan fingerprint density at radius 1 is 1.28 bits per heavy atom. The Hall–Kier alpha value is -2.99. The summed E-state index contributed by atoms with van der Waals surface area (Å²) in [6, 6.07) is 5.00. The highest BCUT2D eigenvalue weighted by molar-refractivity contribution is 7.93. The van der Waals surface area contributed by atoms with Crippen molar-refractivity contribution >= 4 is 50.0 Å². The van der Waals surface area contributed by atoms with Crippen LogP contribution in [-0.2, 0) is 19.6 Å². The van der Waals surface area contributed by atoms with Crippen LogP contribution in [0.2, 0.25) is 0 Å². The average Bonchev–Trinajstić information content (AvgIpc) is 3.33. The molecular formula is C20H23N5O5S2. The number of rotatable bonds is 6. The lowest BCUT2D eigenvalue weighted by Gasteiger charge is -2.36. The third-order valence-corrected chi connectivity index (χ3v) is 8.08. The highest BCUT2D eigenvalue weighted by atomic mass is 32.2. The van der Waals surface area contributed by atoms with Gasteiger partial charge in [0.05, 0.1) is 4.90 Å². The maximum atomic E-state index is 13.0. The van der Waals surface area contributed by atoms with Gasteiger partial charge in [-0.25, -0.2) is 18.2 Å². The second kappa shape index (κ2) is 8.51. The summed E-state index contributed by atoms with van der Waals surface area (Å²) in [5.74, 6) is -0.904. The first-order chi connectivity index (χ1) is 15.2. The van der Waals surface area contributed by atoms with E-state index in [0.717, 1.165) is 35.5 Å². The van der Waals surface area contributed by atoms with Crippen molar-refractivity contribution in [2.45, 2.75) is 43.0 Å². The maximum Gasteiger partial charge on any atom is 0.325 e. The molecule has 2 fully saturated rings. The maximum absolute atomic E-state index is 13.0. The molecule has 2 heterocycles. The molecule has 2 atom stereocenters. The predicted molar refractivity (Wildman–Crippen MR) is 119 cm³/mol. The molecule has 32 heavy (non-hydrogen) atoms. The van der Waals surface area contributed by atoms with Gasteiger partial charge in [-0.2, -0.15) is 0 Å². The predicted octanol–water partition coefficient (Wildman–Crippen LogP) is 2.38. The van der Waals surface area contributed by atoms with E-state index in [1.54, 1.807) is 5.38 Å². The number of aromatic nitrogens is 1. The number of amides is 4. The lowest BCUT2D eigenvalue weighted by Crippen LogP contribution is -2.54. The molecule has 1 aromatic carbocycles. The third-order valence-electron chi connectivity index (χ3n) is 5.91. The van der Waals surface area contributed by atoms with Crippen LogP contribution in [0.3, 0.4) is 0 Å². The molecule has 10 nitrogen and oxygen atoms in total. The van der Waals surface area contributed by atoms with E-state index in [4.69, 9.17) is 0 Å². The summed E-state index contributed by atoms with van der Waals surface area (Å²) < 4.78 is 27.1. The van der Waals surface area contributed by atoms with Gasteiger partial charge < -0.3 is 10.6 Å². The molecule has 2 unspecified atom stereocenters. The third kappa shape index (κ3) is 4.19. The summed E-state index contributed by atoms with van der Waals surface area (Å²) in [5.41, 5.74) is -0.577. The van der Waals surface area contributed by atoms with Crippen molar-refractivity contribution in [1.82, 2.24) is 15.2 Å². The van der Waals surface area contributed by atoms with Crippen molar-refractivity contribution in [2.24, 2.45) is 5.92 Å². The molecule has 0 bridgehead atoms. The van der Waals surface area contributed by atoms with Crippen molar-refractivity contribution in [2.75, 3.05) is 16.6 Å². The van der Waals surface area contributed by atoms with E-state index in [1.807, 2.05) is 6.92 Å². The van der Waals surface area contributed by atoms with Gasteiger partial charge in [-0.05, 0) is 43.0 Å². The summed E-state index contributed by atoms with van der Waals surface area (Å²) in [6.07, 6.45) is 4.77. The van der Waals surface area contributed by atoms with Gasteiger partial charge >= 0.3 is 6.03 Å². The topological polar surface area (TPSA) is 138 Å². The second-order valence-electron chi connectivity index (χ2n) is 7.95. The molecule has 12 heteroatoms. The number of benzene rings is 1. The average molecular weight is 478 g/mol. The molecule has 4 amide bonds. The van der Waals surface area contributed by atoms with Crippen molar-refractivity contribution < 1.29 is 22.8 Å². The number of carbonyl (C=O) groups is 3. The van der Waals surface area contributed by atoms with E-state index in [0.29, 0.717) is 12.1 Å². The van der Waals surface area contributed by atoms with E-state index in [2.05, 4.69) is 20.3 Å². The fraction of sp³-hybridized carbons (Fsp3) is 0.400. The highest BCUT2D eigenvalue weighted by Crippen LogP contribution is 2.38. The number of imide groups is 1. The van der Waals surface area contributed by atoms with E-state index < -0.39 is 34.0 Å². The fourth-order valence-electron chi connectivity index (χ4n) is 4.15. The molecule has 1 saturated heterocycles. The molecule has 2 aliphatic rings. The van der Waals surface area contributed by atoms with Gasteiger partial charge in [-0.15, -0.1) is 11.3 Å². The molecule has 1 aliphatic heterocycles. The number of thiazole rings is 1. The number of urea groups is 1. The fourth-order valence-corrected chi connectivity index (χ4v) is 5.94. The van der Waals surface area contributed by atoms with Gasteiger partial charge in [0.1, 0.15) is 12.1 Å². The van der Waals surface area contributed by atoms with Gasteiger partial charge in [-0.3, -0.25) is 19.2 Å². The second-order valence-corrected chi connectivity index (χ2v) is 10.5. The molecule has 3 N–H and O–H groups in total. The monoisotopic (exact) mass is 477 g/mol. The lowest BCUT2D eigenvalue weighted by molar-refractivity contribution is -0.136. The summed E-state index contributed by atoms with van der Waals surface area (Å²) >= 11 is 1.16. The van der Waals surface area contributed by atoms with Crippen LogP contribution in [0, 0.1) is 5.92 Å². The number of sulfonamides is 1. The van der Waals surface area contributed by atoms with Crippen molar-refractivity contribution in [3.8, 4) is 0 Å². The first-order valence-electron chi connectivity index (χ1n) is 10.2. The van der Waals surface area contributed by atoms with Crippen LogP contribution >= 0.6 is 11.3 Å². The van der Waals surface area contributed by atoms with Crippen LogP contribution in [0.15, 0.2) is 40.7 Å². The molecule has 2 aromatic rings. The SMILES string of the molecule is CC1CCCCC12NC(=O)N(CC(=O)Nc1ccc(S(=O)(=O)Nc3nccs3)cc1)C2=O. The summed E-state index contributed by atoms with van der Waals surface area (Å²) in [7, 11) is -3.80. The molecule has 4 rings (SSSR count). The standard InChI is InChI=1S/C20H23N5O5S2/c1-13-4-2-3-9-20(13)17(27)25(19(28)23-20)12-16(26)22-14-5-7-15(8-6-14)32(29,30)24-18-21-10-11-31-18/h5-8,10-11,13H,2-4,9,12H2,1H3,(H,21,24)(H,22,26)(H,23,28). The van der Waals surface area contributed by atoms with Gasteiger partial charge in [0.2, 0.25) is 5.91 Å². The molecule has 0 radical (unpaired) electrons. The Morgan fingerprint density at radius 2 is 2.03 bits per heavy atom. The Kier molecular flexibility index (Phi) is 5.91. The number of hydrogen-bond donors (Lipinski definition) is 3. The van der Waals surface area contributed by atoms with Crippen molar-refractivity contribution in [3.63, 3.8) is 0 Å². The highest BCUT2D eigenvalue weighted by Gasteiger charge is 2.55. The van der Waals surface area contributed by atoms with Crippen LogP contribution < -0.4 is 15.4 Å². The van der Waals surface area contributed by atoms with Crippen LogP contribution in [0.1, 0.15) is 32.6 Å². The minimum absolute atomic E-state index is 0.00743. The van der Waals surface area contributed by atoms with E-state index >= 15 is 0 Å². The van der Waals surface area contributed by atoms with Crippen LogP contribution in [0.5, 0.6) is 0 Å². The van der Waals surface area contributed by atoms with E-state index in [1.165, 1.54) is 30.5 Å².